The smallest absolute Gasteiger partial charge is 0.143 e. The summed E-state index contributed by atoms with van der Waals surface area (Å²) in [4.78, 5) is 0. The van der Waals surface area contributed by atoms with E-state index in [4.69, 9.17) is 4.42 Å². The zero-order valence-electron chi connectivity index (χ0n) is 37.2. The maximum atomic E-state index is 6.59. The minimum atomic E-state index is -0.0801. The molecule has 0 atom stereocenters. The molecule has 0 N–H and O–H groups in total. The lowest BCUT2D eigenvalue weighted by atomic mass is 9.81. The zero-order valence-corrected chi connectivity index (χ0v) is 37.2. The van der Waals surface area contributed by atoms with E-state index in [1.54, 1.807) is 0 Å². The van der Waals surface area contributed by atoms with E-state index in [0.717, 1.165) is 44.3 Å². The molecule has 0 saturated carbocycles. The van der Waals surface area contributed by atoms with Crippen LogP contribution in [0.2, 0.25) is 0 Å². The van der Waals surface area contributed by atoms with Crippen LogP contribution in [0.4, 0.5) is 0 Å². The molecule has 2 aromatic heterocycles. The van der Waals surface area contributed by atoms with Crippen molar-refractivity contribution in [1.82, 2.24) is 4.57 Å². The van der Waals surface area contributed by atoms with Crippen LogP contribution in [0, 0.1) is 0 Å². The molecular formula is C65H43NO. The first-order chi connectivity index (χ1) is 33.0. The third kappa shape index (κ3) is 5.57. The van der Waals surface area contributed by atoms with Crippen molar-refractivity contribution in [2.75, 3.05) is 0 Å². The minimum Gasteiger partial charge on any atom is -0.455 e. The lowest BCUT2D eigenvalue weighted by molar-refractivity contribution is 0.660. The van der Waals surface area contributed by atoms with E-state index >= 15 is 0 Å². The lowest BCUT2D eigenvalue weighted by Gasteiger charge is -2.22. The summed E-state index contributed by atoms with van der Waals surface area (Å²) in [5.41, 5.74) is 20.3. The van der Waals surface area contributed by atoms with Gasteiger partial charge in [-0.2, -0.15) is 0 Å². The van der Waals surface area contributed by atoms with Gasteiger partial charge in [0.1, 0.15) is 11.2 Å². The van der Waals surface area contributed by atoms with Crippen molar-refractivity contribution in [3.8, 4) is 61.3 Å². The van der Waals surface area contributed by atoms with Gasteiger partial charge in [-0.1, -0.05) is 190 Å². The predicted molar refractivity (Wildman–Crippen MR) is 282 cm³/mol. The van der Waals surface area contributed by atoms with Gasteiger partial charge in [0.05, 0.1) is 11.0 Å². The molecule has 0 saturated heterocycles. The molecule has 67 heavy (non-hydrogen) atoms. The Morgan fingerprint density at radius 2 is 0.821 bits per heavy atom. The first-order valence-electron chi connectivity index (χ1n) is 23.3. The number of benzene rings is 11. The Morgan fingerprint density at radius 3 is 1.52 bits per heavy atom. The van der Waals surface area contributed by atoms with Crippen LogP contribution < -0.4 is 0 Å². The summed E-state index contributed by atoms with van der Waals surface area (Å²) >= 11 is 0. The predicted octanol–water partition coefficient (Wildman–Crippen LogP) is 18.0. The summed E-state index contributed by atoms with van der Waals surface area (Å²) in [5.74, 6) is 0. The summed E-state index contributed by atoms with van der Waals surface area (Å²) in [6, 6.07) is 82.7. The molecule has 1 aliphatic carbocycles. The molecule has 0 radical (unpaired) electrons. The summed E-state index contributed by atoms with van der Waals surface area (Å²) < 4.78 is 9.04. The van der Waals surface area contributed by atoms with Crippen LogP contribution in [0.1, 0.15) is 25.0 Å². The SMILES string of the molecule is CC1(C)c2ccccc2-c2ccc(-c3ccc4c(c3)c3cc(-c5cccc6c5oc5ccccc56)ccc3n4-c3ccc(-c4c5ccccc5c(-c5ccccc5)c5ccccc45)cc3)cc21. The van der Waals surface area contributed by atoms with Gasteiger partial charge >= 0.3 is 0 Å². The molecule has 0 bridgehead atoms. The molecule has 0 fully saturated rings. The molecule has 2 heterocycles. The third-order valence-electron chi connectivity index (χ3n) is 14.8. The number of aromatic nitrogens is 1. The Labute approximate surface area is 388 Å². The largest absolute Gasteiger partial charge is 0.455 e. The summed E-state index contributed by atoms with van der Waals surface area (Å²) in [5, 5.41) is 9.71. The van der Waals surface area contributed by atoms with Crippen LogP contribution in [0.25, 0.3) is 127 Å². The molecule has 14 rings (SSSR count). The monoisotopic (exact) mass is 853 g/mol. The van der Waals surface area contributed by atoms with E-state index in [-0.39, 0.29) is 5.41 Å². The Morgan fingerprint density at radius 1 is 0.328 bits per heavy atom. The lowest BCUT2D eigenvalue weighted by Crippen LogP contribution is -2.14. The van der Waals surface area contributed by atoms with Crippen LogP contribution in [0.5, 0.6) is 0 Å². The fraction of sp³-hybridized carbons (Fsp3) is 0.0462. The van der Waals surface area contributed by atoms with Crippen LogP contribution >= 0.6 is 0 Å². The maximum Gasteiger partial charge on any atom is 0.143 e. The highest BCUT2D eigenvalue weighted by Crippen LogP contribution is 2.50. The zero-order chi connectivity index (χ0) is 44.4. The molecule has 11 aromatic carbocycles. The number of para-hydroxylation sites is 2. The average Bonchev–Trinajstić information content (AvgIpc) is 4.00. The average molecular weight is 854 g/mol. The Hall–Kier alpha value is -8.46. The molecule has 0 spiro atoms. The molecule has 13 aromatic rings. The fourth-order valence-electron chi connectivity index (χ4n) is 11.6. The molecule has 1 aliphatic rings. The van der Waals surface area contributed by atoms with E-state index in [0.29, 0.717) is 0 Å². The van der Waals surface area contributed by atoms with Crippen molar-refractivity contribution in [2.24, 2.45) is 0 Å². The van der Waals surface area contributed by atoms with Crippen LogP contribution in [-0.2, 0) is 5.41 Å². The molecular weight excluding hydrogens is 811 g/mol. The summed E-state index contributed by atoms with van der Waals surface area (Å²) in [6.07, 6.45) is 0. The number of fused-ring (bicyclic) bond motifs is 11. The van der Waals surface area contributed by atoms with Gasteiger partial charge in [0.2, 0.25) is 0 Å². The van der Waals surface area contributed by atoms with Gasteiger partial charge in [0.25, 0.3) is 0 Å². The van der Waals surface area contributed by atoms with Crippen molar-refractivity contribution in [3.63, 3.8) is 0 Å². The standard InChI is InChI=1S/C65H43NO/c1-65(2)57-25-12-10-17-47(57)48-34-29-43(39-58(48)65)42-30-35-59-55(37-42)56-38-44(46-23-14-24-54-49-18-11-13-26-61(49)67-64(46)54)31-36-60(56)66(59)45-32-27-41(28-33-45)63-52-21-8-6-19-50(52)62(40-15-4-3-5-16-40)51-20-7-9-22-53(51)63/h3-39H,1-2H3. The minimum absolute atomic E-state index is 0.0801. The molecule has 0 unspecified atom stereocenters. The highest BCUT2D eigenvalue weighted by atomic mass is 16.3. The highest BCUT2D eigenvalue weighted by molar-refractivity contribution is 6.21. The highest BCUT2D eigenvalue weighted by Gasteiger charge is 2.35. The molecule has 314 valence electrons. The number of hydrogen-bond donors (Lipinski definition) is 0. The molecule has 2 heteroatoms. The van der Waals surface area contributed by atoms with Gasteiger partial charge in [-0.25, -0.2) is 0 Å². The fourth-order valence-corrected chi connectivity index (χ4v) is 11.6. The Bertz CT molecular complexity index is 4110. The second-order valence-electron chi connectivity index (χ2n) is 18.8. The molecule has 0 aliphatic heterocycles. The normalized spacial score (nSPS) is 13.0. The number of hydrogen-bond acceptors (Lipinski definition) is 1. The van der Waals surface area contributed by atoms with Gasteiger partial charge in [0.15, 0.2) is 0 Å². The Balaban J connectivity index is 0.958. The number of rotatable bonds is 5. The van der Waals surface area contributed by atoms with Crippen LogP contribution in [-0.4, -0.2) is 4.57 Å². The number of nitrogens with zero attached hydrogens (tertiary/aromatic N) is 1. The van der Waals surface area contributed by atoms with E-state index < -0.39 is 0 Å². The molecule has 2 nitrogen and oxygen atoms in total. The summed E-state index contributed by atoms with van der Waals surface area (Å²) in [6.45, 7) is 4.72. The number of furan rings is 1. The van der Waals surface area contributed by atoms with Crippen molar-refractivity contribution >= 4 is 65.3 Å². The second kappa shape index (κ2) is 14.3. The summed E-state index contributed by atoms with van der Waals surface area (Å²) in [7, 11) is 0. The van der Waals surface area contributed by atoms with E-state index in [1.165, 1.54) is 93.5 Å². The van der Waals surface area contributed by atoms with Crippen molar-refractivity contribution < 1.29 is 4.42 Å². The quantitative estimate of drug-likeness (QED) is 0.158. The second-order valence-corrected chi connectivity index (χ2v) is 18.8. The maximum absolute atomic E-state index is 6.59. The third-order valence-corrected chi connectivity index (χ3v) is 14.8. The van der Waals surface area contributed by atoms with Gasteiger partial charge in [-0.15, -0.1) is 0 Å². The van der Waals surface area contributed by atoms with Gasteiger partial charge in [-0.05, 0) is 131 Å². The van der Waals surface area contributed by atoms with Gasteiger partial charge < -0.3 is 8.98 Å². The van der Waals surface area contributed by atoms with Crippen molar-refractivity contribution in [2.45, 2.75) is 19.3 Å². The topological polar surface area (TPSA) is 18.1 Å². The van der Waals surface area contributed by atoms with Crippen LogP contribution in [0.15, 0.2) is 229 Å². The van der Waals surface area contributed by atoms with E-state index in [1.807, 2.05) is 6.07 Å². The Kier molecular flexibility index (Phi) is 8.06. The molecule has 0 amide bonds. The van der Waals surface area contributed by atoms with Gasteiger partial charge in [0, 0.05) is 38.2 Å². The van der Waals surface area contributed by atoms with Gasteiger partial charge in [-0.3, -0.25) is 0 Å². The van der Waals surface area contributed by atoms with Crippen LogP contribution in [0.3, 0.4) is 0 Å². The van der Waals surface area contributed by atoms with Crippen molar-refractivity contribution in [1.29, 1.82) is 0 Å². The van der Waals surface area contributed by atoms with Crippen molar-refractivity contribution in [3.05, 3.63) is 236 Å². The van der Waals surface area contributed by atoms with E-state index in [9.17, 15) is 0 Å². The first-order valence-corrected chi connectivity index (χ1v) is 23.3. The first kappa shape index (κ1) is 37.9. The van der Waals surface area contributed by atoms with E-state index in [2.05, 4.69) is 237 Å².